The van der Waals surface area contributed by atoms with E-state index in [4.69, 9.17) is 4.74 Å². The summed E-state index contributed by atoms with van der Waals surface area (Å²) in [5.41, 5.74) is 0. The Kier molecular flexibility index (Phi) is 4.22. The summed E-state index contributed by atoms with van der Waals surface area (Å²) >= 11 is 0. The summed E-state index contributed by atoms with van der Waals surface area (Å²) in [6.07, 6.45) is 2.53. The van der Waals surface area contributed by atoms with E-state index in [0.717, 1.165) is 25.7 Å². The highest BCUT2D eigenvalue weighted by Crippen LogP contribution is 2.22. The Morgan fingerprint density at radius 1 is 1.44 bits per heavy atom. The highest BCUT2D eigenvalue weighted by molar-refractivity contribution is 4.90. The van der Waals surface area contributed by atoms with Gasteiger partial charge in [-0.3, -0.25) is 4.90 Å². The van der Waals surface area contributed by atoms with Crippen LogP contribution in [0.1, 0.15) is 33.6 Å². The van der Waals surface area contributed by atoms with Crippen LogP contribution in [0.4, 0.5) is 0 Å². The van der Waals surface area contributed by atoms with E-state index in [2.05, 4.69) is 31.0 Å². The average molecular weight is 226 g/mol. The largest absolute Gasteiger partial charge is 0.380 e. The fourth-order valence-electron chi connectivity index (χ4n) is 2.98. The molecule has 0 radical (unpaired) electrons. The molecule has 0 aromatic carbocycles. The Morgan fingerprint density at radius 2 is 2.25 bits per heavy atom. The van der Waals surface area contributed by atoms with E-state index in [-0.39, 0.29) is 0 Å². The number of ether oxygens (including phenoxy) is 1. The van der Waals surface area contributed by atoms with Crippen molar-refractivity contribution in [2.45, 2.75) is 51.7 Å². The zero-order valence-electron chi connectivity index (χ0n) is 10.9. The number of rotatable bonds is 3. The number of nitrogens with zero attached hydrogens (tertiary/aromatic N) is 1. The number of nitrogens with one attached hydrogen (secondary N) is 1. The molecule has 0 amide bonds. The summed E-state index contributed by atoms with van der Waals surface area (Å²) in [4.78, 5) is 2.70. The molecule has 2 heterocycles. The molecule has 1 N–H and O–H groups in total. The first-order valence-electron chi connectivity index (χ1n) is 6.73. The first kappa shape index (κ1) is 12.3. The predicted molar refractivity (Wildman–Crippen MR) is 66.6 cm³/mol. The third-order valence-electron chi connectivity index (χ3n) is 3.77. The van der Waals surface area contributed by atoms with Crippen LogP contribution in [-0.2, 0) is 4.74 Å². The maximum atomic E-state index is 5.54. The molecule has 0 saturated carbocycles. The lowest BCUT2D eigenvalue weighted by Gasteiger charge is -2.43. The maximum absolute atomic E-state index is 5.54. The standard InChI is InChI=1S/C13H26N2O/c1-10(2)6-13-7-14-11(3)8-15(13)12-4-5-16-9-12/h10-14H,4-9H2,1-3H3. The van der Waals surface area contributed by atoms with Gasteiger partial charge in [-0.05, 0) is 25.7 Å². The zero-order valence-corrected chi connectivity index (χ0v) is 10.9. The van der Waals surface area contributed by atoms with E-state index in [1.165, 1.54) is 19.4 Å². The quantitative estimate of drug-likeness (QED) is 0.789. The molecule has 0 bridgehead atoms. The molecule has 0 aliphatic carbocycles. The lowest BCUT2D eigenvalue weighted by atomic mass is 9.97. The third kappa shape index (κ3) is 2.96. The molecule has 0 aromatic rings. The first-order chi connectivity index (χ1) is 7.66. The first-order valence-corrected chi connectivity index (χ1v) is 6.73. The maximum Gasteiger partial charge on any atom is 0.0622 e. The molecule has 3 nitrogen and oxygen atoms in total. The number of hydrogen-bond donors (Lipinski definition) is 1. The second kappa shape index (κ2) is 5.48. The van der Waals surface area contributed by atoms with E-state index in [0.29, 0.717) is 18.1 Å². The van der Waals surface area contributed by atoms with Gasteiger partial charge in [-0.25, -0.2) is 0 Å². The normalized spacial score (nSPS) is 37.1. The topological polar surface area (TPSA) is 24.5 Å². The molecular formula is C13H26N2O. The summed E-state index contributed by atoms with van der Waals surface area (Å²) in [6, 6.07) is 2.01. The number of piperazine rings is 1. The highest BCUT2D eigenvalue weighted by Gasteiger charge is 2.33. The van der Waals surface area contributed by atoms with Crippen molar-refractivity contribution < 1.29 is 4.74 Å². The Morgan fingerprint density at radius 3 is 2.88 bits per heavy atom. The zero-order chi connectivity index (χ0) is 11.5. The van der Waals surface area contributed by atoms with Crippen molar-refractivity contribution in [1.29, 1.82) is 0 Å². The van der Waals surface area contributed by atoms with Crippen molar-refractivity contribution in [2.24, 2.45) is 5.92 Å². The van der Waals surface area contributed by atoms with Crippen LogP contribution in [0, 0.1) is 5.92 Å². The Hall–Kier alpha value is -0.120. The van der Waals surface area contributed by atoms with Crippen molar-refractivity contribution in [3.63, 3.8) is 0 Å². The summed E-state index contributed by atoms with van der Waals surface area (Å²) in [6.45, 7) is 11.2. The SMILES string of the molecule is CC(C)CC1CNC(C)CN1C1CCOC1. The summed E-state index contributed by atoms with van der Waals surface area (Å²) in [5.74, 6) is 0.782. The van der Waals surface area contributed by atoms with Crippen LogP contribution in [0.2, 0.25) is 0 Å². The Labute approximate surface area is 99.5 Å². The molecule has 3 heteroatoms. The molecule has 3 unspecified atom stereocenters. The summed E-state index contributed by atoms with van der Waals surface area (Å²) < 4.78 is 5.54. The third-order valence-corrected chi connectivity index (χ3v) is 3.77. The summed E-state index contributed by atoms with van der Waals surface area (Å²) in [7, 11) is 0. The van der Waals surface area contributed by atoms with E-state index in [1.54, 1.807) is 0 Å². The molecule has 94 valence electrons. The van der Waals surface area contributed by atoms with Crippen LogP contribution < -0.4 is 5.32 Å². The van der Waals surface area contributed by atoms with Crippen LogP contribution >= 0.6 is 0 Å². The number of hydrogen-bond acceptors (Lipinski definition) is 3. The molecule has 2 aliphatic rings. The van der Waals surface area contributed by atoms with Gasteiger partial charge in [-0.15, -0.1) is 0 Å². The van der Waals surface area contributed by atoms with Crippen molar-refractivity contribution in [2.75, 3.05) is 26.3 Å². The molecule has 3 atom stereocenters. The molecular weight excluding hydrogens is 200 g/mol. The molecule has 2 saturated heterocycles. The fraction of sp³-hybridized carbons (Fsp3) is 1.00. The minimum Gasteiger partial charge on any atom is -0.380 e. The molecule has 2 aliphatic heterocycles. The lowest BCUT2D eigenvalue weighted by molar-refractivity contribution is 0.0630. The highest BCUT2D eigenvalue weighted by atomic mass is 16.5. The van der Waals surface area contributed by atoms with Crippen molar-refractivity contribution >= 4 is 0 Å². The van der Waals surface area contributed by atoms with Crippen molar-refractivity contribution in [1.82, 2.24) is 10.2 Å². The van der Waals surface area contributed by atoms with Crippen molar-refractivity contribution in [3.8, 4) is 0 Å². The lowest BCUT2D eigenvalue weighted by Crippen LogP contribution is -2.59. The summed E-state index contributed by atoms with van der Waals surface area (Å²) in [5, 5.41) is 3.61. The van der Waals surface area contributed by atoms with E-state index >= 15 is 0 Å². The predicted octanol–water partition coefficient (Wildman–Crippen LogP) is 1.48. The van der Waals surface area contributed by atoms with Gasteiger partial charge in [0, 0.05) is 37.8 Å². The Balaban J connectivity index is 1.96. The van der Waals surface area contributed by atoms with E-state index in [9.17, 15) is 0 Å². The van der Waals surface area contributed by atoms with Gasteiger partial charge in [0.25, 0.3) is 0 Å². The second-order valence-corrected chi connectivity index (χ2v) is 5.81. The van der Waals surface area contributed by atoms with Crippen molar-refractivity contribution in [3.05, 3.63) is 0 Å². The van der Waals surface area contributed by atoms with Gasteiger partial charge in [0.1, 0.15) is 0 Å². The monoisotopic (exact) mass is 226 g/mol. The van der Waals surface area contributed by atoms with E-state index < -0.39 is 0 Å². The fourth-order valence-corrected chi connectivity index (χ4v) is 2.98. The van der Waals surface area contributed by atoms with Crippen LogP contribution in [0.3, 0.4) is 0 Å². The smallest absolute Gasteiger partial charge is 0.0622 e. The molecule has 2 fully saturated rings. The van der Waals surface area contributed by atoms with E-state index in [1.807, 2.05) is 0 Å². The van der Waals surface area contributed by atoms with Gasteiger partial charge in [-0.2, -0.15) is 0 Å². The van der Waals surface area contributed by atoms with Gasteiger partial charge >= 0.3 is 0 Å². The minimum atomic E-state index is 0.629. The second-order valence-electron chi connectivity index (χ2n) is 5.81. The van der Waals surface area contributed by atoms with Gasteiger partial charge in [-0.1, -0.05) is 13.8 Å². The molecule has 0 aromatic heterocycles. The van der Waals surface area contributed by atoms with Crippen LogP contribution in [0.15, 0.2) is 0 Å². The minimum absolute atomic E-state index is 0.629. The van der Waals surface area contributed by atoms with Crippen LogP contribution in [-0.4, -0.2) is 49.3 Å². The van der Waals surface area contributed by atoms with Crippen LogP contribution in [0.5, 0.6) is 0 Å². The molecule has 2 rings (SSSR count). The molecule has 16 heavy (non-hydrogen) atoms. The van der Waals surface area contributed by atoms with Gasteiger partial charge in [0.2, 0.25) is 0 Å². The van der Waals surface area contributed by atoms with Gasteiger partial charge in [0.15, 0.2) is 0 Å². The average Bonchev–Trinajstić information content (AvgIpc) is 2.73. The van der Waals surface area contributed by atoms with Gasteiger partial charge < -0.3 is 10.1 Å². The molecule has 0 spiro atoms. The van der Waals surface area contributed by atoms with Gasteiger partial charge in [0.05, 0.1) is 6.61 Å². The Bertz CT molecular complexity index is 214. The van der Waals surface area contributed by atoms with Crippen LogP contribution in [0.25, 0.3) is 0 Å².